The van der Waals surface area contributed by atoms with Crippen molar-refractivity contribution >= 4 is 16.8 Å². The zero-order chi connectivity index (χ0) is 10.1. The maximum absolute atomic E-state index is 12.4. The third kappa shape index (κ3) is 2.03. The first kappa shape index (κ1) is 10.1. The summed E-state index contributed by atoms with van der Waals surface area (Å²) in [6.07, 6.45) is 0. The molecule has 1 heterocycles. The zero-order valence-corrected chi connectivity index (χ0v) is 7.93. The van der Waals surface area contributed by atoms with Gasteiger partial charge in [0.15, 0.2) is 0 Å². The van der Waals surface area contributed by atoms with Gasteiger partial charge in [0.1, 0.15) is 6.67 Å². The fourth-order valence-electron chi connectivity index (χ4n) is 0.635. The average Bonchev–Trinajstić information content (AvgIpc) is 2.52. The molecular weight excluding hydrogens is 199 g/mol. The summed E-state index contributed by atoms with van der Waals surface area (Å²) < 4.78 is 17.1. The SMILES string of the molecule is CC(C)(CF)c1nc(C(=O)Cl)no1. The van der Waals surface area contributed by atoms with E-state index in [0.29, 0.717) is 0 Å². The lowest BCUT2D eigenvalue weighted by atomic mass is 9.96. The Bertz CT molecular complexity index is 324. The van der Waals surface area contributed by atoms with Gasteiger partial charge in [0.2, 0.25) is 5.89 Å². The molecule has 0 spiro atoms. The van der Waals surface area contributed by atoms with Crippen LogP contribution in [0.4, 0.5) is 4.39 Å². The Labute approximate surface area is 79.1 Å². The molecule has 0 atom stereocenters. The van der Waals surface area contributed by atoms with Crippen molar-refractivity contribution in [3.05, 3.63) is 11.7 Å². The van der Waals surface area contributed by atoms with Crippen LogP contribution in [-0.4, -0.2) is 22.1 Å². The van der Waals surface area contributed by atoms with Crippen LogP contribution in [0.15, 0.2) is 4.52 Å². The van der Waals surface area contributed by atoms with Crippen molar-refractivity contribution in [2.24, 2.45) is 0 Å². The number of hydrogen-bond acceptors (Lipinski definition) is 4. The van der Waals surface area contributed by atoms with Crippen LogP contribution < -0.4 is 0 Å². The topological polar surface area (TPSA) is 56.0 Å². The van der Waals surface area contributed by atoms with Crippen molar-refractivity contribution in [1.82, 2.24) is 10.1 Å². The van der Waals surface area contributed by atoms with Crippen LogP contribution in [0, 0.1) is 0 Å². The van der Waals surface area contributed by atoms with Crippen molar-refractivity contribution in [3.63, 3.8) is 0 Å². The Morgan fingerprint density at radius 3 is 2.69 bits per heavy atom. The summed E-state index contributed by atoms with van der Waals surface area (Å²) in [5, 5.41) is 2.48. The molecule has 0 N–H and O–H groups in total. The third-order valence-corrected chi connectivity index (χ3v) is 1.68. The predicted molar refractivity (Wildman–Crippen MR) is 43.5 cm³/mol. The molecule has 4 nitrogen and oxygen atoms in total. The van der Waals surface area contributed by atoms with Gasteiger partial charge >= 0.3 is 0 Å². The number of alkyl halides is 1. The minimum Gasteiger partial charge on any atom is -0.338 e. The normalized spacial score (nSPS) is 11.7. The molecule has 13 heavy (non-hydrogen) atoms. The van der Waals surface area contributed by atoms with Crippen LogP contribution in [-0.2, 0) is 5.41 Å². The second-order valence-electron chi connectivity index (χ2n) is 3.21. The van der Waals surface area contributed by atoms with Crippen LogP contribution in [0.2, 0.25) is 0 Å². The molecule has 0 fully saturated rings. The number of rotatable bonds is 3. The quantitative estimate of drug-likeness (QED) is 0.707. The number of aromatic nitrogens is 2. The summed E-state index contributed by atoms with van der Waals surface area (Å²) in [4.78, 5) is 14.2. The minimum absolute atomic E-state index is 0.0685. The van der Waals surface area contributed by atoms with Gasteiger partial charge < -0.3 is 4.52 Å². The molecule has 1 aromatic heterocycles. The largest absolute Gasteiger partial charge is 0.338 e. The van der Waals surface area contributed by atoms with E-state index in [2.05, 4.69) is 14.7 Å². The fraction of sp³-hybridized carbons (Fsp3) is 0.571. The number of hydrogen-bond donors (Lipinski definition) is 0. The molecule has 72 valence electrons. The van der Waals surface area contributed by atoms with E-state index in [-0.39, 0.29) is 11.7 Å². The van der Waals surface area contributed by atoms with Crippen molar-refractivity contribution in [2.45, 2.75) is 19.3 Å². The molecule has 1 aromatic rings. The Morgan fingerprint density at radius 2 is 2.31 bits per heavy atom. The van der Waals surface area contributed by atoms with Crippen LogP contribution in [0.5, 0.6) is 0 Å². The highest BCUT2D eigenvalue weighted by atomic mass is 35.5. The summed E-state index contributed by atoms with van der Waals surface area (Å²) in [5.41, 5.74) is -0.877. The van der Waals surface area contributed by atoms with Gasteiger partial charge in [-0.25, -0.2) is 4.39 Å². The molecule has 0 aliphatic rings. The molecule has 0 saturated heterocycles. The maximum Gasteiger partial charge on any atom is 0.293 e. The van der Waals surface area contributed by atoms with Gasteiger partial charge in [0.25, 0.3) is 11.1 Å². The molecule has 1 rings (SSSR count). The highest BCUT2D eigenvalue weighted by Gasteiger charge is 2.28. The van der Waals surface area contributed by atoms with Gasteiger partial charge in [-0.15, -0.1) is 0 Å². The van der Waals surface area contributed by atoms with E-state index in [9.17, 15) is 9.18 Å². The maximum atomic E-state index is 12.4. The van der Waals surface area contributed by atoms with E-state index in [1.165, 1.54) is 0 Å². The van der Waals surface area contributed by atoms with Crippen molar-refractivity contribution < 1.29 is 13.7 Å². The lowest BCUT2D eigenvalue weighted by Crippen LogP contribution is -2.20. The monoisotopic (exact) mass is 206 g/mol. The third-order valence-electron chi connectivity index (χ3n) is 1.51. The van der Waals surface area contributed by atoms with Crippen LogP contribution in [0.3, 0.4) is 0 Å². The summed E-state index contributed by atoms with van der Waals surface area (Å²) >= 11 is 5.09. The average molecular weight is 207 g/mol. The van der Waals surface area contributed by atoms with Gasteiger partial charge in [0, 0.05) is 0 Å². The molecule has 0 saturated carbocycles. The van der Waals surface area contributed by atoms with Crippen LogP contribution >= 0.6 is 11.6 Å². The second-order valence-corrected chi connectivity index (χ2v) is 3.56. The molecule has 0 radical (unpaired) electrons. The predicted octanol–water partition coefficient (Wildman–Crippen LogP) is 1.70. The minimum atomic E-state index is -0.877. The van der Waals surface area contributed by atoms with E-state index < -0.39 is 17.3 Å². The van der Waals surface area contributed by atoms with Crippen molar-refractivity contribution in [3.8, 4) is 0 Å². The van der Waals surface area contributed by atoms with E-state index in [4.69, 9.17) is 11.6 Å². The summed E-state index contributed by atoms with van der Waals surface area (Å²) in [6, 6.07) is 0. The van der Waals surface area contributed by atoms with E-state index in [1.807, 2.05) is 0 Å². The molecule has 0 aromatic carbocycles. The Balaban J connectivity index is 2.98. The standard InChI is InChI=1S/C7H8ClFN2O2/c1-7(2,3-9)6-10-5(4(8)12)11-13-6/h3H2,1-2H3. The molecule has 0 aliphatic heterocycles. The Kier molecular flexibility index (Phi) is 2.66. The van der Waals surface area contributed by atoms with Gasteiger partial charge in [-0.2, -0.15) is 4.98 Å². The van der Waals surface area contributed by atoms with Gasteiger partial charge in [-0.05, 0) is 25.4 Å². The van der Waals surface area contributed by atoms with Gasteiger partial charge in [0.05, 0.1) is 5.41 Å². The molecule has 0 aliphatic carbocycles. The first-order chi connectivity index (χ1) is 5.97. The van der Waals surface area contributed by atoms with Gasteiger partial charge in [-0.1, -0.05) is 5.16 Å². The number of nitrogens with zero attached hydrogens (tertiary/aromatic N) is 2. The molecule has 0 amide bonds. The number of carbonyl (C=O) groups is 1. The Morgan fingerprint density at radius 1 is 1.69 bits per heavy atom. The highest BCUT2D eigenvalue weighted by Crippen LogP contribution is 2.21. The molecular formula is C7H8ClFN2O2. The lowest BCUT2D eigenvalue weighted by Gasteiger charge is -2.13. The fourth-order valence-corrected chi connectivity index (χ4v) is 0.712. The summed E-state index contributed by atoms with van der Waals surface area (Å²) in [6.45, 7) is 2.52. The molecule has 6 heteroatoms. The van der Waals surface area contributed by atoms with E-state index >= 15 is 0 Å². The molecule has 0 unspecified atom stereocenters. The number of carbonyl (C=O) groups excluding carboxylic acids is 1. The van der Waals surface area contributed by atoms with Gasteiger partial charge in [-0.3, -0.25) is 4.79 Å². The van der Waals surface area contributed by atoms with Crippen molar-refractivity contribution in [2.75, 3.05) is 6.67 Å². The van der Waals surface area contributed by atoms with Crippen molar-refractivity contribution in [1.29, 1.82) is 0 Å². The van der Waals surface area contributed by atoms with Crippen LogP contribution in [0.1, 0.15) is 30.4 Å². The smallest absolute Gasteiger partial charge is 0.293 e. The first-order valence-electron chi connectivity index (χ1n) is 3.57. The lowest BCUT2D eigenvalue weighted by molar-refractivity contribution is 0.107. The van der Waals surface area contributed by atoms with E-state index in [1.54, 1.807) is 13.8 Å². The summed E-state index contributed by atoms with van der Waals surface area (Å²) in [7, 11) is 0. The zero-order valence-electron chi connectivity index (χ0n) is 7.17. The number of halogens is 2. The Hall–Kier alpha value is -0.970. The van der Waals surface area contributed by atoms with E-state index in [0.717, 1.165) is 0 Å². The van der Waals surface area contributed by atoms with Crippen LogP contribution in [0.25, 0.3) is 0 Å². The first-order valence-corrected chi connectivity index (χ1v) is 3.95. The summed E-state index contributed by atoms with van der Waals surface area (Å²) in [5.74, 6) is -0.169. The highest BCUT2D eigenvalue weighted by molar-refractivity contribution is 6.67. The second kappa shape index (κ2) is 3.41. The molecule has 0 bridgehead atoms.